The van der Waals surface area contributed by atoms with Gasteiger partial charge in [-0.15, -0.1) is 0 Å². The van der Waals surface area contributed by atoms with E-state index in [1.165, 1.54) is 0 Å². The number of nitrogens with one attached hydrogen (secondary N) is 2. The SMILES string of the molecule is O=C(CCNc1ccc(Cl)cc1)Nc1ccccc1Cl. The predicted octanol–water partition coefficient (Wildman–Crippen LogP) is 4.43. The van der Waals surface area contributed by atoms with Crippen molar-refractivity contribution in [1.82, 2.24) is 0 Å². The molecule has 104 valence electrons. The maximum absolute atomic E-state index is 11.8. The molecule has 0 aliphatic rings. The molecule has 0 aliphatic heterocycles. The number of hydrogen-bond acceptors (Lipinski definition) is 2. The smallest absolute Gasteiger partial charge is 0.226 e. The summed E-state index contributed by atoms with van der Waals surface area (Å²) in [5.41, 5.74) is 1.56. The highest BCUT2D eigenvalue weighted by molar-refractivity contribution is 6.33. The van der Waals surface area contributed by atoms with Crippen LogP contribution in [0.4, 0.5) is 11.4 Å². The maximum atomic E-state index is 11.8. The minimum atomic E-state index is -0.0837. The minimum Gasteiger partial charge on any atom is -0.385 e. The number of para-hydroxylation sites is 1. The summed E-state index contributed by atoms with van der Waals surface area (Å²) in [6.07, 6.45) is 0.355. The fourth-order valence-electron chi connectivity index (χ4n) is 1.66. The monoisotopic (exact) mass is 308 g/mol. The highest BCUT2D eigenvalue weighted by Crippen LogP contribution is 2.20. The van der Waals surface area contributed by atoms with E-state index in [-0.39, 0.29) is 5.91 Å². The van der Waals surface area contributed by atoms with Gasteiger partial charge in [-0.2, -0.15) is 0 Å². The molecule has 0 radical (unpaired) electrons. The summed E-state index contributed by atoms with van der Waals surface area (Å²) in [4.78, 5) is 11.8. The van der Waals surface area contributed by atoms with Crippen LogP contribution in [0.3, 0.4) is 0 Å². The Balaban J connectivity index is 1.78. The van der Waals surface area contributed by atoms with E-state index in [0.29, 0.717) is 28.7 Å². The molecule has 0 saturated heterocycles. The lowest BCUT2D eigenvalue weighted by atomic mass is 10.3. The molecule has 2 aromatic carbocycles. The van der Waals surface area contributed by atoms with Gasteiger partial charge in [0.05, 0.1) is 10.7 Å². The van der Waals surface area contributed by atoms with Gasteiger partial charge in [0.25, 0.3) is 0 Å². The normalized spacial score (nSPS) is 10.1. The van der Waals surface area contributed by atoms with Crippen molar-refractivity contribution in [2.24, 2.45) is 0 Å². The van der Waals surface area contributed by atoms with Crippen molar-refractivity contribution in [2.75, 3.05) is 17.2 Å². The lowest BCUT2D eigenvalue weighted by molar-refractivity contribution is -0.115. The summed E-state index contributed by atoms with van der Waals surface area (Å²) in [6.45, 7) is 0.540. The Morgan fingerprint density at radius 2 is 1.70 bits per heavy atom. The molecular weight excluding hydrogens is 295 g/mol. The molecule has 20 heavy (non-hydrogen) atoms. The number of hydrogen-bond donors (Lipinski definition) is 2. The van der Waals surface area contributed by atoms with Crippen LogP contribution in [-0.2, 0) is 4.79 Å². The molecule has 2 N–H and O–H groups in total. The molecule has 3 nitrogen and oxygen atoms in total. The van der Waals surface area contributed by atoms with Crippen molar-refractivity contribution in [1.29, 1.82) is 0 Å². The van der Waals surface area contributed by atoms with E-state index >= 15 is 0 Å². The standard InChI is InChI=1S/C15H14Cl2N2O/c16-11-5-7-12(8-6-11)18-10-9-15(20)19-14-4-2-1-3-13(14)17/h1-8,18H,9-10H2,(H,19,20). The number of carbonyl (C=O) groups excluding carboxylic acids is 1. The Labute approximate surface area is 127 Å². The van der Waals surface area contributed by atoms with E-state index in [9.17, 15) is 4.79 Å². The van der Waals surface area contributed by atoms with Crippen LogP contribution in [0.25, 0.3) is 0 Å². The van der Waals surface area contributed by atoms with Crippen LogP contribution in [0, 0.1) is 0 Å². The Bertz CT molecular complexity index is 585. The largest absolute Gasteiger partial charge is 0.385 e. The fourth-order valence-corrected chi connectivity index (χ4v) is 1.97. The topological polar surface area (TPSA) is 41.1 Å². The quantitative estimate of drug-likeness (QED) is 0.857. The molecule has 0 heterocycles. The molecule has 0 bridgehead atoms. The highest BCUT2D eigenvalue weighted by atomic mass is 35.5. The zero-order valence-corrected chi connectivity index (χ0v) is 12.2. The van der Waals surface area contributed by atoms with Crippen molar-refractivity contribution in [3.8, 4) is 0 Å². The Hall–Kier alpha value is -1.71. The van der Waals surface area contributed by atoms with Crippen LogP contribution in [0.1, 0.15) is 6.42 Å². The van der Waals surface area contributed by atoms with Crippen molar-refractivity contribution in [3.63, 3.8) is 0 Å². The molecule has 0 aromatic heterocycles. The summed E-state index contributed by atoms with van der Waals surface area (Å²) >= 11 is 11.8. The van der Waals surface area contributed by atoms with Crippen molar-refractivity contribution < 1.29 is 4.79 Å². The van der Waals surface area contributed by atoms with Crippen molar-refractivity contribution in [3.05, 3.63) is 58.6 Å². The zero-order valence-electron chi connectivity index (χ0n) is 10.7. The second-order valence-electron chi connectivity index (χ2n) is 4.21. The Morgan fingerprint density at radius 1 is 1.00 bits per heavy atom. The predicted molar refractivity (Wildman–Crippen MR) is 84.6 cm³/mol. The molecule has 2 rings (SSSR count). The Kier molecular flexibility index (Phi) is 5.27. The average Bonchev–Trinajstić information content (AvgIpc) is 2.44. The maximum Gasteiger partial charge on any atom is 0.226 e. The van der Waals surface area contributed by atoms with Gasteiger partial charge < -0.3 is 10.6 Å². The molecule has 0 spiro atoms. The van der Waals surface area contributed by atoms with E-state index in [1.54, 1.807) is 24.3 Å². The average molecular weight is 309 g/mol. The minimum absolute atomic E-state index is 0.0837. The van der Waals surface area contributed by atoms with Crippen LogP contribution < -0.4 is 10.6 Å². The van der Waals surface area contributed by atoms with Gasteiger partial charge >= 0.3 is 0 Å². The van der Waals surface area contributed by atoms with Crippen LogP contribution in [0.5, 0.6) is 0 Å². The number of amides is 1. The van der Waals surface area contributed by atoms with E-state index in [2.05, 4.69) is 10.6 Å². The first-order valence-corrected chi connectivity index (χ1v) is 6.94. The van der Waals surface area contributed by atoms with Crippen LogP contribution in [0.15, 0.2) is 48.5 Å². The zero-order chi connectivity index (χ0) is 14.4. The molecule has 0 saturated carbocycles. The van der Waals surface area contributed by atoms with Gasteiger partial charge in [0.15, 0.2) is 0 Å². The fraction of sp³-hybridized carbons (Fsp3) is 0.133. The lowest BCUT2D eigenvalue weighted by Crippen LogP contribution is -2.16. The second kappa shape index (κ2) is 7.17. The molecule has 0 unspecified atom stereocenters. The first-order valence-electron chi connectivity index (χ1n) is 6.19. The number of halogens is 2. The van der Waals surface area contributed by atoms with E-state index in [0.717, 1.165) is 5.69 Å². The summed E-state index contributed by atoms with van der Waals surface area (Å²) in [5.74, 6) is -0.0837. The third-order valence-corrected chi connectivity index (χ3v) is 3.25. The number of rotatable bonds is 5. The van der Waals surface area contributed by atoms with Crippen molar-refractivity contribution >= 4 is 40.5 Å². The van der Waals surface area contributed by atoms with Gasteiger partial charge in [0, 0.05) is 23.7 Å². The van der Waals surface area contributed by atoms with Crippen LogP contribution in [0.2, 0.25) is 10.0 Å². The van der Waals surface area contributed by atoms with Gasteiger partial charge in [-0.05, 0) is 36.4 Å². The third kappa shape index (κ3) is 4.44. The first-order chi connectivity index (χ1) is 9.65. The molecule has 0 aliphatic carbocycles. The molecule has 2 aromatic rings. The Morgan fingerprint density at radius 3 is 2.40 bits per heavy atom. The highest BCUT2D eigenvalue weighted by Gasteiger charge is 2.04. The van der Waals surface area contributed by atoms with Gasteiger partial charge in [-0.3, -0.25) is 4.79 Å². The van der Waals surface area contributed by atoms with E-state index < -0.39 is 0 Å². The third-order valence-electron chi connectivity index (χ3n) is 2.67. The second-order valence-corrected chi connectivity index (χ2v) is 5.06. The van der Waals surface area contributed by atoms with E-state index in [4.69, 9.17) is 23.2 Å². The van der Waals surface area contributed by atoms with Crippen molar-refractivity contribution in [2.45, 2.75) is 6.42 Å². The molecule has 1 amide bonds. The summed E-state index contributed by atoms with van der Waals surface area (Å²) < 4.78 is 0. The summed E-state index contributed by atoms with van der Waals surface area (Å²) in [5, 5.41) is 7.15. The van der Waals surface area contributed by atoms with E-state index in [1.807, 2.05) is 24.3 Å². The number of benzene rings is 2. The van der Waals surface area contributed by atoms with Gasteiger partial charge in [0.1, 0.15) is 0 Å². The molecule has 0 fully saturated rings. The molecule has 5 heteroatoms. The van der Waals surface area contributed by atoms with Crippen LogP contribution in [-0.4, -0.2) is 12.5 Å². The molecule has 0 atom stereocenters. The molecular formula is C15H14Cl2N2O. The number of anilines is 2. The lowest BCUT2D eigenvalue weighted by Gasteiger charge is -2.08. The first kappa shape index (κ1) is 14.7. The van der Waals surface area contributed by atoms with Gasteiger partial charge in [0.2, 0.25) is 5.91 Å². The summed E-state index contributed by atoms with van der Waals surface area (Å²) in [6, 6.07) is 14.5. The summed E-state index contributed by atoms with van der Waals surface area (Å²) in [7, 11) is 0. The number of carbonyl (C=O) groups is 1. The van der Waals surface area contributed by atoms with Gasteiger partial charge in [-0.25, -0.2) is 0 Å². The van der Waals surface area contributed by atoms with Crippen LogP contribution >= 0.6 is 23.2 Å². The van der Waals surface area contributed by atoms with Gasteiger partial charge in [-0.1, -0.05) is 35.3 Å².